The lowest BCUT2D eigenvalue weighted by atomic mass is 10.1. The maximum absolute atomic E-state index is 11.6. The lowest BCUT2D eigenvalue weighted by Crippen LogP contribution is -2.33. The van der Waals surface area contributed by atoms with Crippen LogP contribution >= 0.6 is 0 Å². The highest BCUT2D eigenvalue weighted by Gasteiger charge is 2.08. The number of carbonyl (C=O) groups is 1. The van der Waals surface area contributed by atoms with Gasteiger partial charge in [0.25, 0.3) is 5.91 Å². The second-order valence-corrected chi connectivity index (χ2v) is 5.28. The lowest BCUT2D eigenvalue weighted by Gasteiger charge is -2.14. The highest BCUT2D eigenvalue weighted by Crippen LogP contribution is 2.12. The van der Waals surface area contributed by atoms with E-state index in [-0.39, 0.29) is 24.5 Å². The molecule has 0 aliphatic carbocycles. The number of benzene rings is 1. The Labute approximate surface area is 121 Å². The highest BCUT2D eigenvalue weighted by atomic mass is 16.5. The monoisotopic (exact) mass is 279 g/mol. The minimum absolute atomic E-state index is 0.0207. The Kier molecular flexibility index (Phi) is 7.09. The first-order valence-electron chi connectivity index (χ1n) is 7.17. The molecule has 4 nitrogen and oxygen atoms in total. The molecule has 20 heavy (non-hydrogen) atoms. The van der Waals surface area contributed by atoms with Gasteiger partial charge in [0, 0.05) is 6.54 Å². The van der Waals surface area contributed by atoms with E-state index in [0.717, 1.165) is 6.42 Å². The third-order valence-corrected chi connectivity index (χ3v) is 3.09. The van der Waals surface area contributed by atoms with Crippen LogP contribution in [0, 0.1) is 5.92 Å². The SMILES string of the molecule is CCc1ccc(OCC(=O)NCC(C)CC(C)O)cc1. The molecule has 0 radical (unpaired) electrons. The van der Waals surface area contributed by atoms with Gasteiger partial charge in [-0.05, 0) is 43.4 Å². The van der Waals surface area contributed by atoms with Crippen LogP contribution in [0.3, 0.4) is 0 Å². The van der Waals surface area contributed by atoms with Crippen LogP contribution in [-0.4, -0.2) is 30.3 Å². The number of nitrogens with one attached hydrogen (secondary N) is 1. The van der Waals surface area contributed by atoms with Gasteiger partial charge in [-0.1, -0.05) is 26.0 Å². The molecule has 0 aliphatic heterocycles. The summed E-state index contributed by atoms with van der Waals surface area (Å²) < 4.78 is 5.42. The van der Waals surface area contributed by atoms with Gasteiger partial charge in [0.15, 0.2) is 6.61 Å². The summed E-state index contributed by atoms with van der Waals surface area (Å²) in [5, 5.41) is 12.1. The van der Waals surface area contributed by atoms with Gasteiger partial charge in [0.1, 0.15) is 5.75 Å². The van der Waals surface area contributed by atoms with Gasteiger partial charge in [-0.15, -0.1) is 0 Å². The molecule has 0 aliphatic rings. The average Bonchev–Trinajstić information content (AvgIpc) is 2.42. The van der Waals surface area contributed by atoms with Crippen LogP contribution in [0.5, 0.6) is 5.75 Å². The zero-order valence-electron chi connectivity index (χ0n) is 12.6. The van der Waals surface area contributed by atoms with Crippen molar-refractivity contribution in [2.24, 2.45) is 5.92 Å². The van der Waals surface area contributed by atoms with Crippen molar-refractivity contribution in [2.75, 3.05) is 13.2 Å². The third-order valence-electron chi connectivity index (χ3n) is 3.09. The molecule has 0 spiro atoms. The summed E-state index contributed by atoms with van der Waals surface area (Å²) in [7, 11) is 0. The summed E-state index contributed by atoms with van der Waals surface area (Å²) in [5.74, 6) is 0.819. The maximum Gasteiger partial charge on any atom is 0.257 e. The van der Waals surface area contributed by atoms with Gasteiger partial charge in [-0.2, -0.15) is 0 Å². The van der Waals surface area contributed by atoms with Crippen molar-refractivity contribution < 1.29 is 14.6 Å². The zero-order valence-corrected chi connectivity index (χ0v) is 12.6. The van der Waals surface area contributed by atoms with Crippen molar-refractivity contribution in [2.45, 2.75) is 39.7 Å². The molecule has 1 rings (SSSR count). The number of hydrogen-bond acceptors (Lipinski definition) is 3. The van der Waals surface area contributed by atoms with E-state index in [2.05, 4.69) is 12.2 Å². The number of aliphatic hydroxyl groups excluding tert-OH is 1. The van der Waals surface area contributed by atoms with E-state index in [1.807, 2.05) is 31.2 Å². The van der Waals surface area contributed by atoms with Crippen molar-refractivity contribution >= 4 is 5.91 Å². The lowest BCUT2D eigenvalue weighted by molar-refractivity contribution is -0.123. The van der Waals surface area contributed by atoms with Gasteiger partial charge in [0.2, 0.25) is 0 Å². The van der Waals surface area contributed by atoms with Gasteiger partial charge in [0.05, 0.1) is 6.10 Å². The smallest absolute Gasteiger partial charge is 0.257 e. The van der Waals surface area contributed by atoms with Crippen molar-refractivity contribution in [1.82, 2.24) is 5.32 Å². The van der Waals surface area contributed by atoms with Crippen LogP contribution in [0.2, 0.25) is 0 Å². The van der Waals surface area contributed by atoms with Crippen molar-refractivity contribution in [3.05, 3.63) is 29.8 Å². The second kappa shape index (κ2) is 8.59. The molecule has 112 valence electrons. The number of carbonyl (C=O) groups excluding carboxylic acids is 1. The van der Waals surface area contributed by atoms with E-state index >= 15 is 0 Å². The predicted molar refractivity (Wildman–Crippen MR) is 79.8 cm³/mol. The standard InChI is InChI=1S/C16H25NO3/c1-4-14-5-7-15(8-6-14)20-11-16(19)17-10-12(2)9-13(3)18/h5-8,12-13,18H,4,9-11H2,1-3H3,(H,17,19). The Hall–Kier alpha value is -1.55. The molecular formula is C16H25NO3. The molecule has 1 aromatic carbocycles. The Balaban J connectivity index is 2.25. The van der Waals surface area contributed by atoms with E-state index in [1.54, 1.807) is 6.92 Å². The summed E-state index contributed by atoms with van der Waals surface area (Å²) in [5.41, 5.74) is 1.24. The predicted octanol–water partition coefficient (Wildman–Crippen LogP) is 2.15. The summed E-state index contributed by atoms with van der Waals surface area (Å²) in [4.78, 5) is 11.6. The fraction of sp³-hybridized carbons (Fsp3) is 0.562. The van der Waals surface area contributed by atoms with Gasteiger partial charge in [-0.3, -0.25) is 4.79 Å². The number of ether oxygens (including phenoxy) is 1. The topological polar surface area (TPSA) is 58.6 Å². The molecule has 0 saturated heterocycles. The molecule has 2 N–H and O–H groups in total. The molecule has 0 bridgehead atoms. The van der Waals surface area contributed by atoms with Gasteiger partial charge >= 0.3 is 0 Å². The Morgan fingerprint density at radius 3 is 2.50 bits per heavy atom. The molecule has 2 atom stereocenters. The molecule has 1 amide bonds. The fourth-order valence-corrected chi connectivity index (χ4v) is 1.98. The van der Waals surface area contributed by atoms with Gasteiger partial charge in [-0.25, -0.2) is 0 Å². The van der Waals surface area contributed by atoms with E-state index in [9.17, 15) is 9.90 Å². The molecule has 4 heteroatoms. The molecular weight excluding hydrogens is 254 g/mol. The number of amides is 1. The van der Waals surface area contributed by atoms with Crippen LogP contribution in [0.1, 0.15) is 32.8 Å². The Morgan fingerprint density at radius 2 is 1.95 bits per heavy atom. The highest BCUT2D eigenvalue weighted by molar-refractivity contribution is 5.77. The molecule has 2 unspecified atom stereocenters. The summed E-state index contributed by atoms with van der Waals surface area (Å²) in [6, 6.07) is 7.75. The quantitative estimate of drug-likeness (QED) is 0.766. The minimum atomic E-state index is -0.338. The van der Waals surface area contributed by atoms with Crippen molar-refractivity contribution in [1.29, 1.82) is 0 Å². The fourth-order valence-electron chi connectivity index (χ4n) is 1.98. The van der Waals surface area contributed by atoms with Crippen molar-refractivity contribution in [3.63, 3.8) is 0 Å². The van der Waals surface area contributed by atoms with Crippen LogP contribution in [-0.2, 0) is 11.2 Å². The van der Waals surface area contributed by atoms with Crippen LogP contribution < -0.4 is 10.1 Å². The molecule has 0 fully saturated rings. The van der Waals surface area contributed by atoms with E-state index < -0.39 is 0 Å². The Bertz CT molecular complexity index is 401. The number of aryl methyl sites for hydroxylation is 1. The first-order chi connectivity index (χ1) is 9.51. The molecule has 0 aromatic heterocycles. The van der Waals surface area contributed by atoms with E-state index in [0.29, 0.717) is 18.7 Å². The third kappa shape index (κ3) is 6.57. The number of rotatable bonds is 8. The molecule has 0 saturated carbocycles. The minimum Gasteiger partial charge on any atom is -0.484 e. The van der Waals surface area contributed by atoms with Gasteiger partial charge < -0.3 is 15.2 Å². The number of hydrogen-bond donors (Lipinski definition) is 2. The second-order valence-electron chi connectivity index (χ2n) is 5.28. The first kappa shape index (κ1) is 16.5. The average molecular weight is 279 g/mol. The van der Waals surface area contributed by atoms with E-state index in [1.165, 1.54) is 5.56 Å². The molecule has 0 heterocycles. The zero-order chi connectivity index (χ0) is 15.0. The van der Waals surface area contributed by atoms with Crippen LogP contribution in [0.4, 0.5) is 0 Å². The van der Waals surface area contributed by atoms with E-state index in [4.69, 9.17) is 4.74 Å². The summed E-state index contributed by atoms with van der Waals surface area (Å²) >= 11 is 0. The maximum atomic E-state index is 11.6. The summed E-state index contributed by atoms with van der Waals surface area (Å²) in [6.45, 7) is 6.42. The molecule has 1 aromatic rings. The number of aliphatic hydroxyl groups is 1. The normalized spacial score (nSPS) is 13.6. The largest absolute Gasteiger partial charge is 0.484 e. The summed E-state index contributed by atoms with van der Waals surface area (Å²) in [6.07, 6.45) is 1.33. The van der Waals surface area contributed by atoms with Crippen LogP contribution in [0.15, 0.2) is 24.3 Å². The first-order valence-corrected chi connectivity index (χ1v) is 7.17. The Morgan fingerprint density at radius 1 is 1.30 bits per heavy atom. The van der Waals surface area contributed by atoms with Crippen molar-refractivity contribution in [3.8, 4) is 5.75 Å². The van der Waals surface area contributed by atoms with Crippen LogP contribution in [0.25, 0.3) is 0 Å².